The minimum atomic E-state index is -0.977. The minimum absolute atomic E-state index is 0.273. The Labute approximate surface area is 103 Å². The van der Waals surface area contributed by atoms with Gasteiger partial charge in [-0.3, -0.25) is 0 Å². The molecule has 17 heavy (non-hydrogen) atoms. The van der Waals surface area contributed by atoms with Gasteiger partial charge in [0.05, 0.1) is 0 Å². The number of carboxylic acids is 1. The summed E-state index contributed by atoms with van der Waals surface area (Å²) in [4.78, 5) is 25.9. The second kappa shape index (κ2) is 6.93. The van der Waals surface area contributed by atoms with Gasteiger partial charge in [-0.05, 0) is 20.3 Å². The van der Waals surface area contributed by atoms with Gasteiger partial charge in [0.15, 0.2) is 0 Å². The van der Waals surface area contributed by atoms with Crippen LogP contribution in [0.5, 0.6) is 0 Å². The summed E-state index contributed by atoms with van der Waals surface area (Å²) in [6.07, 6.45) is 0.391. The molecule has 2 amide bonds. The number of carboxylic acid groups (broad SMARTS) is 1. The van der Waals surface area contributed by atoms with Crippen LogP contribution in [0.25, 0.3) is 0 Å². The van der Waals surface area contributed by atoms with Gasteiger partial charge in [-0.1, -0.05) is 19.1 Å². The Morgan fingerprint density at radius 1 is 1.35 bits per heavy atom. The van der Waals surface area contributed by atoms with Gasteiger partial charge >= 0.3 is 12.0 Å². The lowest BCUT2D eigenvalue weighted by Crippen LogP contribution is -2.49. The van der Waals surface area contributed by atoms with Crippen LogP contribution in [0.4, 0.5) is 4.79 Å². The predicted molar refractivity (Wildman–Crippen MR) is 66.9 cm³/mol. The van der Waals surface area contributed by atoms with Crippen molar-refractivity contribution in [2.45, 2.75) is 33.2 Å². The second-order valence-electron chi connectivity index (χ2n) is 4.13. The third kappa shape index (κ3) is 4.46. The standard InChI is InChI=1S/C12H22N2O3/c1-6-10(11(15)16)13(5)12(17)14(7-2)8-9(3)4/h10H,3,6-8H2,1-2,4-5H3,(H,15,16). The maximum absolute atomic E-state index is 12.1. The number of carbonyl (C=O) groups is 2. The summed E-state index contributed by atoms with van der Waals surface area (Å²) in [5, 5.41) is 9.00. The van der Waals surface area contributed by atoms with Crippen LogP contribution in [0.1, 0.15) is 27.2 Å². The third-order valence-electron chi connectivity index (χ3n) is 2.55. The topological polar surface area (TPSA) is 60.9 Å². The zero-order valence-corrected chi connectivity index (χ0v) is 11.1. The molecule has 0 aromatic heterocycles. The maximum atomic E-state index is 12.1. The molecule has 0 aliphatic carbocycles. The smallest absolute Gasteiger partial charge is 0.326 e. The number of aliphatic carboxylic acids is 1. The van der Waals surface area contributed by atoms with Crippen molar-refractivity contribution in [3.05, 3.63) is 12.2 Å². The molecule has 0 radical (unpaired) electrons. The van der Waals surface area contributed by atoms with Crippen LogP contribution in [0.15, 0.2) is 12.2 Å². The van der Waals surface area contributed by atoms with Crippen LogP contribution < -0.4 is 0 Å². The highest BCUT2D eigenvalue weighted by molar-refractivity contribution is 5.82. The first-order valence-corrected chi connectivity index (χ1v) is 5.74. The van der Waals surface area contributed by atoms with E-state index in [9.17, 15) is 9.59 Å². The van der Waals surface area contributed by atoms with E-state index in [0.29, 0.717) is 19.5 Å². The monoisotopic (exact) mass is 242 g/mol. The van der Waals surface area contributed by atoms with E-state index in [-0.39, 0.29) is 6.03 Å². The van der Waals surface area contributed by atoms with Gasteiger partial charge in [-0.15, -0.1) is 0 Å². The van der Waals surface area contributed by atoms with Crippen LogP contribution in [0.3, 0.4) is 0 Å². The Hall–Kier alpha value is -1.52. The van der Waals surface area contributed by atoms with Crippen molar-refractivity contribution in [2.24, 2.45) is 0 Å². The Balaban J connectivity index is 4.75. The van der Waals surface area contributed by atoms with E-state index in [4.69, 9.17) is 5.11 Å². The number of hydrogen-bond donors (Lipinski definition) is 1. The SMILES string of the molecule is C=C(C)CN(CC)C(=O)N(C)C(CC)C(=O)O. The van der Waals surface area contributed by atoms with Gasteiger partial charge in [-0.25, -0.2) is 9.59 Å². The number of hydrogen-bond acceptors (Lipinski definition) is 2. The normalized spacial score (nSPS) is 11.8. The summed E-state index contributed by atoms with van der Waals surface area (Å²) < 4.78 is 0. The lowest BCUT2D eigenvalue weighted by Gasteiger charge is -2.30. The Bertz CT molecular complexity index is 302. The van der Waals surface area contributed by atoms with Crippen molar-refractivity contribution in [3.63, 3.8) is 0 Å². The highest BCUT2D eigenvalue weighted by Crippen LogP contribution is 2.07. The molecule has 0 saturated carbocycles. The fourth-order valence-electron chi connectivity index (χ4n) is 1.61. The molecule has 5 nitrogen and oxygen atoms in total. The summed E-state index contributed by atoms with van der Waals surface area (Å²) in [5.74, 6) is -0.977. The van der Waals surface area contributed by atoms with Crippen molar-refractivity contribution >= 4 is 12.0 Å². The fraction of sp³-hybridized carbons (Fsp3) is 0.667. The number of carbonyl (C=O) groups excluding carboxylic acids is 1. The summed E-state index contributed by atoms with van der Waals surface area (Å²) in [5.41, 5.74) is 0.872. The molecule has 0 saturated heterocycles. The highest BCUT2D eigenvalue weighted by atomic mass is 16.4. The number of likely N-dealkylation sites (N-methyl/N-ethyl adjacent to an activating group) is 2. The van der Waals surface area contributed by atoms with E-state index < -0.39 is 12.0 Å². The van der Waals surface area contributed by atoms with Crippen molar-refractivity contribution < 1.29 is 14.7 Å². The average molecular weight is 242 g/mol. The molecular weight excluding hydrogens is 220 g/mol. The van der Waals surface area contributed by atoms with Crippen molar-refractivity contribution in [2.75, 3.05) is 20.1 Å². The van der Waals surface area contributed by atoms with Crippen LogP contribution in [-0.4, -0.2) is 53.1 Å². The molecule has 0 aliphatic rings. The van der Waals surface area contributed by atoms with Crippen molar-refractivity contribution in [1.29, 1.82) is 0 Å². The predicted octanol–water partition coefficient (Wildman–Crippen LogP) is 1.80. The van der Waals surface area contributed by atoms with Gasteiger partial charge in [-0.2, -0.15) is 0 Å². The van der Waals surface area contributed by atoms with E-state index in [1.54, 1.807) is 11.8 Å². The molecule has 5 heteroatoms. The second-order valence-corrected chi connectivity index (χ2v) is 4.13. The molecule has 0 aliphatic heterocycles. The molecule has 0 aromatic rings. The van der Waals surface area contributed by atoms with E-state index in [1.807, 2.05) is 13.8 Å². The molecule has 0 aromatic carbocycles. The molecule has 1 unspecified atom stereocenters. The number of rotatable bonds is 6. The zero-order chi connectivity index (χ0) is 13.6. The maximum Gasteiger partial charge on any atom is 0.326 e. The largest absolute Gasteiger partial charge is 0.480 e. The van der Waals surface area contributed by atoms with E-state index in [0.717, 1.165) is 5.57 Å². The third-order valence-corrected chi connectivity index (χ3v) is 2.55. The summed E-state index contributed by atoms with van der Waals surface area (Å²) >= 11 is 0. The molecule has 1 atom stereocenters. The molecule has 0 heterocycles. The Morgan fingerprint density at radius 3 is 2.18 bits per heavy atom. The minimum Gasteiger partial charge on any atom is -0.480 e. The van der Waals surface area contributed by atoms with Crippen LogP contribution in [0, 0.1) is 0 Å². The fourth-order valence-corrected chi connectivity index (χ4v) is 1.61. The lowest BCUT2D eigenvalue weighted by atomic mass is 10.2. The van der Waals surface area contributed by atoms with Crippen LogP contribution >= 0.6 is 0 Å². The molecule has 1 N–H and O–H groups in total. The van der Waals surface area contributed by atoms with Gasteiger partial charge < -0.3 is 14.9 Å². The summed E-state index contributed by atoms with van der Waals surface area (Å²) in [6, 6.07) is -1.05. The Kier molecular flexibility index (Phi) is 6.31. The van der Waals surface area contributed by atoms with Crippen molar-refractivity contribution in [3.8, 4) is 0 Å². The Morgan fingerprint density at radius 2 is 1.88 bits per heavy atom. The van der Waals surface area contributed by atoms with Crippen LogP contribution in [0.2, 0.25) is 0 Å². The molecule has 0 rings (SSSR count). The van der Waals surface area contributed by atoms with Crippen molar-refractivity contribution in [1.82, 2.24) is 9.80 Å². The highest BCUT2D eigenvalue weighted by Gasteiger charge is 2.27. The number of amides is 2. The molecule has 0 spiro atoms. The van der Waals surface area contributed by atoms with Crippen LogP contribution in [-0.2, 0) is 4.79 Å². The van der Waals surface area contributed by atoms with E-state index in [2.05, 4.69) is 6.58 Å². The van der Waals surface area contributed by atoms with Gasteiger partial charge in [0.2, 0.25) is 0 Å². The molecule has 0 bridgehead atoms. The number of nitrogens with zero attached hydrogens (tertiary/aromatic N) is 2. The van der Waals surface area contributed by atoms with Gasteiger partial charge in [0, 0.05) is 20.1 Å². The summed E-state index contributed by atoms with van der Waals surface area (Å²) in [6.45, 7) is 10.2. The first-order valence-electron chi connectivity index (χ1n) is 5.74. The van der Waals surface area contributed by atoms with Gasteiger partial charge in [0.25, 0.3) is 0 Å². The zero-order valence-electron chi connectivity index (χ0n) is 11.1. The quantitative estimate of drug-likeness (QED) is 0.722. The summed E-state index contributed by atoms with van der Waals surface area (Å²) in [7, 11) is 1.52. The first kappa shape index (κ1) is 15.5. The van der Waals surface area contributed by atoms with E-state index >= 15 is 0 Å². The molecular formula is C12H22N2O3. The van der Waals surface area contributed by atoms with Gasteiger partial charge in [0.1, 0.15) is 6.04 Å². The molecule has 0 fully saturated rings. The molecule has 98 valence electrons. The first-order chi connectivity index (χ1) is 7.84. The van der Waals surface area contributed by atoms with E-state index in [1.165, 1.54) is 11.9 Å². The lowest BCUT2D eigenvalue weighted by molar-refractivity contribution is -0.142. The number of urea groups is 1. The average Bonchev–Trinajstić information content (AvgIpc) is 2.24.